The number of oxime groups is 1. The molecule has 0 saturated carbocycles. The number of nitrogens with zero attached hydrogens (tertiary/aromatic N) is 1. The Morgan fingerprint density at radius 3 is 2.40 bits per heavy atom. The lowest BCUT2D eigenvalue weighted by molar-refractivity contribution is -0.138. The molecule has 0 fully saturated rings. The Bertz CT molecular complexity index is 802. The minimum Gasteiger partial charge on any atom is -0.312 e. The molecule has 0 aromatic heterocycles. The Balaban J connectivity index is 2.29. The molecule has 132 valence electrons. The summed E-state index contributed by atoms with van der Waals surface area (Å²) >= 11 is 0. The van der Waals surface area contributed by atoms with E-state index >= 15 is 0 Å². The summed E-state index contributed by atoms with van der Waals surface area (Å²) < 4.78 is 38.8. The van der Waals surface area contributed by atoms with Crippen molar-refractivity contribution in [2.24, 2.45) is 11.1 Å². The second-order valence-corrected chi connectivity index (χ2v) is 5.84. The first-order chi connectivity index (χ1) is 11.6. The van der Waals surface area contributed by atoms with Crippen molar-refractivity contribution in [1.29, 1.82) is 0 Å². The average Bonchev–Trinajstić information content (AvgIpc) is 2.52. The van der Waals surface area contributed by atoms with Gasteiger partial charge in [-0.25, -0.2) is 4.79 Å². The maximum absolute atomic E-state index is 12.9. The summed E-state index contributed by atoms with van der Waals surface area (Å²) in [5.74, 6) is -1.45. The predicted octanol–water partition coefficient (Wildman–Crippen LogP) is 4.33. The van der Waals surface area contributed by atoms with E-state index in [4.69, 9.17) is 0 Å². The molecule has 0 amide bonds. The van der Waals surface area contributed by atoms with Gasteiger partial charge in [0.2, 0.25) is 0 Å². The van der Waals surface area contributed by atoms with Crippen LogP contribution >= 0.6 is 0 Å². The summed E-state index contributed by atoms with van der Waals surface area (Å²) in [5, 5.41) is 3.63. The molecule has 0 radical (unpaired) electrons. The fourth-order valence-corrected chi connectivity index (χ4v) is 2.28. The van der Waals surface area contributed by atoms with Crippen molar-refractivity contribution in [3.8, 4) is 0 Å². The molecule has 1 aliphatic rings. The number of halogens is 3. The highest BCUT2D eigenvalue weighted by Gasteiger charge is 2.35. The lowest BCUT2D eigenvalue weighted by Gasteiger charge is -2.15. The van der Waals surface area contributed by atoms with Crippen LogP contribution in [-0.2, 0) is 15.8 Å². The molecule has 7 heteroatoms. The van der Waals surface area contributed by atoms with Crippen molar-refractivity contribution in [2.45, 2.75) is 26.9 Å². The number of carbonyl (C=O) groups is 2. The smallest absolute Gasteiger partial charge is 0.312 e. The van der Waals surface area contributed by atoms with Gasteiger partial charge in [-0.05, 0) is 42.7 Å². The van der Waals surface area contributed by atoms with E-state index in [-0.39, 0.29) is 17.4 Å². The fourth-order valence-electron chi connectivity index (χ4n) is 2.28. The summed E-state index contributed by atoms with van der Waals surface area (Å²) in [6, 6.07) is 4.31. The van der Waals surface area contributed by atoms with E-state index in [9.17, 15) is 22.8 Å². The molecule has 0 heterocycles. The number of hydrogen-bond acceptors (Lipinski definition) is 4. The largest absolute Gasteiger partial charge is 0.417 e. The molecule has 0 bridgehead atoms. The zero-order valence-electron chi connectivity index (χ0n) is 13.8. The van der Waals surface area contributed by atoms with Crippen LogP contribution in [0, 0.1) is 5.92 Å². The van der Waals surface area contributed by atoms with Gasteiger partial charge in [0.25, 0.3) is 0 Å². The minimum atomic E-state index is -4.68. The van der Waals surface area contributed by atoms with Crippen LogP contribution in [0.25, 0.3) is 0 Å². The average molecular weight is 351 g/mol. The number of hydrogen-bond donors (Lipinski definition) is 0. The monoisotopic (exact) mass is 351 g/mol. The van der Waals surface area contributed by atoms with E-state index in [1.807, 2.05) is 13.8 Å². The van der Waals surface area contributed by atoms with Gasteiger partial charge in [-0.15, -0.1) is 0 Å². The van der Waals surface area contributed by atoms with Crippen LogP contribution in [-0.4, -0.2) is 17.5 Å². The van der Waals surface area contributed by atoms with Gasteiger partial charge in [-0.3, -0.25) is 4.79 Å². The molecule has 2 rings (SSSR count). The van der Waals surface area contributed by atoms with E-state index in [1.54, 1.807) is 6.92 Å². The quantitative estimate of drug-likeness (QED) is 0.463. The van der Waals surface area contributed by atoms with Gasteiger partial charge in [-0.1, -0.05) is 31.1 Å². The van der Waals surface area contributed by atoms with Crippen molar-refractivity contribution in [3.05, 3.63) is 58.7 Å². The van der Waals surface area contributed by atoms with Crippen LogP contribution in [0.2, 0.25) is 0 Å². The first-order valence-corrected chi connectivity index (χ1v) is 7.51. The third-order valence-electron chi connectivity index (χ3n) is 3.63. The van der Waals surface area contributed by atoms with Crippen molar-refractivity contribution < 1.29 is 27.6 Å². The lowest BCUT2D eigenvalue weighted by Crippen LogP contribution is -2.17. The standard InChI is InChI=1S/C18H16F3NO3/c1-10(2)13-9-15(11(3)8-16(13)23)22-25-17(24)12-6-4-5-7-14(12)18(19,20)21/h4-10H,1-3H3/b22-15+. The maximum atomic E-state index is 12.9. The Morgan fingerprint density at radius 2 is 1.80 bits per heavy atom. The third kappa shape index (κ3) is 4.23. The summed E-state index contributed by atoms with van der Waals surface area (Å²) in [5.41, 5.74) is -0.547. The molecule has 0 atom stereocenters. The molecule has 0 spiro atoms. The third-order valence-corrected chi connectivity index (χ3v) is 3.63. The highest BCUT2D eigenvalue weighted by molar-refractivity contribution is 6.21. The SMILES string of the molecule is CC1=CC(=O)C(C(C)C)=C/C1=N\OC(=O)c1ccccc1C(F)(F)F. The lowest BCUT2D eigenvalue weighted by atomic mass is 9.90. The first kappa shape index (κ1) is 18.6. The summed E-state index contributed by atoms with van der Waals surface area (Å²) in [7, 11) is 0. The van der Waals surface area contributed by atoms with Gasteiger partial charge in [0, 0.05) is 5.57 Å². The van der Waals surface area contributed by atoms with Crippen LogP contribution in [0.1, 0.15) is 36.7 Å². The molecule has 1 aromatic carbocycles. The van der Waals surface area contributed by atoms with Gasteiger partial charge >= 0.3 is 12.1 Å². The molecule has 0 aliphatic heterocycles. The van der Waals surface area contributed by atoms with Crippen molar-refractivity contribution >= 4 is 17.5 Å². The molecule has 1 aromatic rings. The number of alkyl halides is 3. The zero-order chi connectivity index (χ0) is 18.8. The Labute approximate surface area is 142 Å². The number of benzene rings is 1. The topological polar surface area (TPSA) is 55.7 Å². The van der Waals surface area contributed by atoms with E-state index in [0.717, 1.165) is 12.1 Å². The van der Waals surface area contributed by atoms with Gasteiger partial charge in [-0.2, -0.15) is 13.2 Å². The summed E-state index contributed by atoms with van der Waals surface area (Å²) in [6.07, 6.45) is -1.85. The Morgan fingerprint density at radius 1 is 1.16 bits per heavy atom. The summed E-state index contributed by atoms with van der Waals surface area (Å²) in [6.45, 7) is 5.24. The van der Waals surface area contributed by atoms with Gasteiger partial charge in [0.1, 0.15) is 5.71 Å². The van der Waals surface area contributed by atoms with Crippen molar-refractivity contribution in [2.75, 3.05) is 0 Å². The Kier molecular flexibility index (Phi) is 5.25. The molecule has 0 N–H and O–H groups in total. The fraction of sp³-hybridized carbons (Fsp3) is 0.278. The summed E-state index contributed by atoms with van der Waals surface area (Å²) in [4.78, 5) is 28.6. The molecule has 25 heavy (non-hydrogen) atoms. The first-order valence-electron chi connectivity index (χ1n) is 7.51. The number of allylic oxidation sites excluding steroid dienone is 4. The Hall–Kier alpha value is -2.70. The molecule has 1 aliphatic carbocycles. The molecular formula is C18H16F3NO3. The second kappa shape index (κ2) is 7.04. The van der Waals surface area contributed by atoms with Crippen LogP contribution in [0.15, 0.2) is 52.7 Å². The molecular weight excluding hydrogens is 335 g/mol. The normalized spacial score (nSPS) is 16.8. The van der Waals surface area contributed by atoms with Gasteiger partial charge in [0.05, 0.1) is 11.1 Å². The molecule has 4 nitrogen and oxygen atoms in total. The van der Waals surface area contributed by atoms with Crippen LogP contribution in [0.5, 0.6) is 0 Å². The zero-order valence-corrected chi connectivity index (χ0v) is 13.8. The van der Waals surface area contributed by atoms with E-state index in [2.05, 4.69) is 9.99 Å². The number of carbonyl (C=O) groups excluding carboxylic acids is 2. The van der Waals surface area contributed by atoms with Crippen LogP contribution < -0.4 is 0 Å². The van der Waals surface area contributed by atoms with Gasteiger partial charge < -0.3 is 4.84 Å². The number of rotatable bonds is 3. The van der Waals surface area contributed by atoms with Gasteiger partial charge in [0.15, 0.2) is 5.78 Å². The van der Waals surface area contributed by atoms with Crippen LogP contribution in [0.3, 0.4) is 0 Å². The molecule has 0 unspecified atom stereocenters. The highest BCUT2D eigenvalue weighted by atomic mass is 19.4. The van der Waals surface area contributed by atoms with E-state index in [1.165, 1.54) is 24.3 Å². The van der Waals surface area contributed by atoms with Crippen LogP contribution in [0.4, 0.5) is 13.2 Å². The number of ketones is 1. The minimum absolute atomic E-state index is 0.0660. The highest BCUT2D eigenvalue weighted by Crippen LogP contribution is 2.32. The molecule has 0 saturated heterocycles. The second-order valence-electron chi connectivity index (χ2n) is 5.84. The van der Waals surface area contributed by atoms with E-state index < -0.39 is 23.3 Å². The van der Waals surface area contributed by atoms with Crippen molar-refractivity contribution in [3.63, 3.8) is 0 Å². The van der Waals surface area contributed by atoms with Crippen molar-refractivity contribution in [1.82, 2.24) is 0 Å². The van der Waals surface area contributed by atoms with E-state index in [0.29, 0.717) is 11.1 Å². The maximum Gasteiger partial charge on any atom is 0.417 e. The predicted molar refractivity (Wildman–Crippen MR) is 86.0 cm³/mol.